The highest BCUT2D eigenvalue weighted by molar-refractivity contribution is 8.26. The minimum atomic E-state index is -0.806. The first-order valence-corrected chi connectivity index (χ1v) is 6.38. The van der Waals surface area contributed by atoms with Crippen LogP contribution in [0.25, 0.3) is 0 Å². The molecule has 0 aromatic heterocycles. The topological polar surface area (TPSA) is 100 Å². The van der Waals surface area contributed by atoms with Gasteiger partial charge in [-0.25, -0.2) is 0 Å². The van der Waals surface area contributed by atoms with E-state index in [0.29, 0.717) is 4.24 Å². The van der Waals surface area contributed by atoms with Crippen molar-refractivity contribution < 1.29 is 19.1 Å². The molecule has 0 spiro atoms. The predicted molar refractivity (Wildman–Crippen MR) is 65.0 cm³/mol. The summed E-state index contributed by atoms with van der Waals surface area (Å²) in [6.45, 7) is 0. The van der Waals surface area contributed by atoms with Gasteiger partial charge in [-0.05, 0) is 0 Å². The van der Waals surface area contributed by atoms with E-state index in [1.807, 2.05) is 0 Å². The maximum absolute atomic E-state index is 11.5. The molecule has 0 aliphatic carbocycles. The molecular weight excluding hydrogens is 276 g/mol. The number of esters is 2. The van der Waals surface area contributed by atoms with E-state index >= 15 is 0 Å². The van der Waals surface area contributed by atoms with E-state index in [1.54, 1.807) is 12.1 Å². The van der Waals surface area contributed by atoms with Gasteiger partial charge in [0.1, 0.15) is 28.2 Å². The Bertz CT molecular complexity index is 447. The van der Waals surface area contributed by atoms with Crippen LogP contribution in [0.15, 0.2) is 9.81 Å². The summed E-state index contributed by atoms with van der Waals surface area (Å²) in [6.07, 6.45) is 0. The third-order valence-electron chi connectivity index (χ3n) is 2.04. The van der Waals surface area contributed by atoms with Gasteiger partial charge in [-0.3, -0.25) is 9.59 Å². The van der Waals surface area contributed by atoms with E-state index in [1.165, 1.54) is 14.2 Å². The highest BCUT2D eigenvalue weighted by Crippen LogP contribution is 2.49. The van der Waals surface area contributed by atoms with Crippen LogP contribution >= 0.6 is 23.5 Å². The summed E-state index contributed by atoms with van der Waals surface area (Å²) in [6, 6.07) is 3.44. The van der Waals surface area contributed by atoms with Crippen LogP contribution in [-0.4, -0.2) is 36.7 Å². The number of methoxy groups -OCH3 is 2. The van der Waals surface area contributed by atoms with Crippen molar-refractivity contribution in [3.05, 3.63) is 9.81 Å². The molecule has 0 saturated carbocycles. The van der Waals surface area contributed by atoms with Gasteiger partial charge < -0.3 is 9.47 Å². The summed E-state index contributed by atoms with van der Waals surface area (Å²) in [5, 5.41) is 15.9. The summed E-state index contributed by atoms with van der Waals surface area (Å²) in [5.41, 5.74) is -0.120. The number of carbonyl (C=O) groups excluding carboxylic acids is 2. The SMILES string of the molecule is COC(=O)[C@H]1SC(=C(C#N)C#N)S[C@@H]1C(=O)OC. The van der Waals surface area contributed by atoms with Crippen LogP contribution < -0.4 is 0 Å². The molecular formula is C10H8N2O4S2. The number of thioether (sulfide) groups is 2. The lowest BCUT2D eigenvalue weighted by atomic mass is 10.3. The molecule has 0 bridgehead atoms. The fourth-order valence-corrected chi connectivity index (χ4v) is 4.10. The quantitative estimate of drug-likeness (QED) is 0.542. The van der Waals surface area contributed by atoms with Crippen molar-refractivity contribution in [1.29, 1.82) is 10.5 Å². The van der Waals surface area contributed by atoms with E-state index < -0.39 is 22.4 Å². The van der Waals surface area contributed by atoms with Crippen LogP contribution in [0.2, 0.25) is 0 Å². The van der Waals surface area contributed by atoms with Gasteiger partial charge in [-0.2, -0.15) is 10.5 Å². The Morgan fingerprint density at radius 2 is 1.44 bits per heavy atom. The van der Waals surface area contributed by atoms with E-state index in [-0.39, 0.29) is 5.57 Å². The first-order chi connectivity index (χ1) is 8.58. The Labute approximate surface area is 112 Å². The van der Waals surface area contributed by atoms with Crippen LogP contribution in [0.4, 0.5) is 0 Å². The summed E-state index contributed by atoms with van der Waals surface area (Å²) in [5.74, 6) is -1.18. The van der Waals surface area contributed by atoms with E-state index in [9.17, 15) is 9.59 Å². The molecule has 0 aromatic carbocycles. The molecule has 18 heavy (non-hydrogen) atoms. The second kappa shape index (κ2) is 6.34. The largest absolute Gasteiger partial charge is 0.468 e. The highest BCUT2D eigenvalue weighted by Gasteiger charge is 2.44. The van der Waals surface area contributed by atoms with E-state index in [4.69, 9.17) is 10.5 Å². The molecule has 8 heteroatoms. The summed E-state index contributed by atoms with van der Waals surface area (Å²) >= 11 is 1.95. The van der Waals surface area contributed by atoms with Gasteiger partial charge in [0, 0.05) is 0 Å². The predicted octanol–water partition coefficient (Wildman–Crippen LogP) is 0.808. The normalized spacial score (nSPS) is 21.7. The smallest absolute Gasteiger partial charge is 0.320 e. The average molecular weight is 284 g/mol. The monoisotopic (exact) mass is 284 g/mol. The van der Waals surface area contributed by atoms with Gasteiger partial charge in [0.15, 0.2) is 0 Å². The molecule has 0 unspecified atom stereocenters. The number of hydrogen-bond donors (Lipinski definition) is 0. The zero-order chi connectivity index (χ0) is 13.7. The van der Waals surface area contributed by atoms with Gasteiger partial charge in [0.05, 0.1) is 18.5 Å². The minimum absolute atomic E-state index is 0.120. The highest BCUT2D eigenvalue weighted by atomic mass is 32.2. The number of allylic oxidation sites excluding steroid dienone is 1. The molecule has 0 N–H and O–H groups in total. The molecule has 1 rings (SSSR count). The van der Waals surface area contributed by atoms with E-state index in [0.717, 1.165) is 23.5 Å². The molecule has 6 nitrogen and oxygen atoms in total. The fraction of sp³-hybridized carbons (Fsp3) is 0.400. The molecule has 2 atom stereocenters. The van der Waals surface area contributed by atoms with Crippen molar-refractivity contribution in [3.8, 4) is 12.1 Å². The second-order valence-corrected chi connectivity index (χ2v) is 5.57. The van der Waals surface area contributed by atoms with Crippen molar-refractivity contribution in [3.63, 3.8) is 0 Å². The minimum Gasteiger partial charge on any atom is -0.468 e. The zero-order valence-electron chi connectivity index (χ0n) is 9.50. The lowest BCUT2D eigenvalue weighted by molar-refractivity contribution is -0.145. The third kappa shape index (κ3) is 2.78. The summed E-state index contributed by atoms with van der Waals surface area (Å²) < 4.78 is 9.51. The van der Waals surface area contributed by atoms with E-state index in [2.05, 4.69) is 9.47 Å². The molecule has 0 aromatic rings. The van der Waals surface area contributed by atoms with Gasteiger partial charge in [0.2, 0.25) is 0 Å². The number of nitrogens with zero attached hydrogens (tertiary/aromatic N) is 2. The molecule has 1 saturated heterocycles. The zero-order valence-corrected chi connectivity index (χ0v) is 11.1. The summed E-state index contributed by atoms with van der Waals surface area (Å²) in [4.78, 5) is 23.1. The lowest BCUT2D eigenvalue weighted by Crippen LogP contribution is -2.33. The van der Waals surface area contributed by atoms with Crippen molar-refractivity contribution in [1.82, 2.24) is 0 Å². The molecule has 1 heterocycles. The first kappa shape index (κ1) is 14.4. The van der Waals surface area contributed by atoms with Crippen LogP contribution in [0.5, 0.6) is 0 Å². The Hall–Kier alpha value is -1.64. The van der Waals surface area contributed by atoms with Gasteiger partial charge in [-0.15, -0.1) is 0 Å². The first-order valence-electron chi connectivity index (χ1n) is 4.62. The standard InChI is InChI=1S/C10H8N2O4S2/c1-15-8(13)6-7(9(14)16-2)18-10(17-6)5(3-11)4-12/h6-7H,1-2H3/t6-,7-/m0/s1. The second-order valence-electron chi connectivity index (χ2n) is 3.01. The fourth-order valence-electron chi connectivity index (χ4n) is 1.19. The third-order valence-corrected chi connectivity index (χ3v) is 5.06. The number of ether oxygens (including phenoxy) is 2. The van der Waals surface area contributed by atoms with Gasteiger partial charge in [-0.1, -0.05) is 23.5 Å². The lowest BCUT2D eigenvalue weighted by Gasteiger charge is -2.12. The Balaban J connectivity index is 3.09. The van der Waals surface area contributed by atoms with Gasteiger partial charge in [0.25, 0.3) is 0 Å². The van der Waals surface area contributed by atoms with Crippen LogP contribution in [0, 0.1) is 22.7 Å². The molecule has 1 aliphatic rings. The molecule has 0 amide bonds. The Morgan fingerprint density at radius 1 is 1.06 bits per heavy atom. The maximum Gasteiger partial charge on any atom is 0.320 e. The summed E-state index contributed by atoms with van der Waals surface area (Å²) in [7, 11) is 2.41. The number of hydrogen-bond acceptors (Lipinski definition) is 8. The molecule has 1 fully saturated rings. The number of rotatable bonds is 2. The molecule has 94 valence electrons. The number of carbonyl (C=O) groups is 2. The van der Waals surface area contributed by atoms with Crippen LogP contribution in [0.1, 0.15) is 0 Å². The maximum atomic E-state index is 11.5. The van der Waals surface area contributed by atoms with Crippen molar-refractivity contribution in [2.45, 2.75) is 10.5 Å². The van der Waals surface area contributed by atoms with Crippen molar-refractivity contribution in [2.24, 2.45) is 0 Å². The van der Waals surface area contributed by atoms with Crippen LogP contribution in [0.3, 0.4) is 0 Å². The number of nitriles is 2. The molecule has 0 radical (unpaired) electrons. The Morgan fingerprint density at radius 3 is 1.72 bits per heavy atom. The average Bonchev–Trinajstić information content (AvgIpc) is 2.83. The Kier molecular flexibility index (Phi) is 5.08. The van der Waals surface area contributed by atoms with Crippen LogP contribution in [-0.2, 0) is 19.1 Å². The molecule has 1 aliphatic heterocycles. The van der Waals surface area contributed by atoms with Crippen molar-refractivity contribution >= 4 is 35.5 Å². The van der Waals surface area contributed by atoms with Crippen molar-refractivity contribution in [2.75, 3.05) is 14.2 Å². The van der Waals surface area contributed by atoms with Gasteiger partial charge >= 0.3 is 11.9 Å².